The first kappa shape index (κ1) is 14.5. The molecule has 0 aliphatic carbocycles. The average Bonchev–Trinajstić information content (AvgIpc) is 2.89. The van der Waals surface area contributed by atoms with Crippen LogP contribution >= 0.6 is 0 Å². The maximum atomic E-state index is 12.3. The molecule has 2 aromatic rings. The third-order valence-electron chi connectivity index (χ3n) is 2.62. The van der Waals surface area contributed by atoms with Gasteiger partial charge >= 0.3 is 0 Å². The molecule has 0 fully saturated rings. The molecule has 0 amide bonds. The Morgan fingerprint density at radius 2 is 2.05 bits per heavy atom. The van der Waals surface area contributed by atoms with Crippen molar-refractivity contribution in [1.82, 2.24) is 20.5 Å². The van der Waals surface area contributed by atoms with E-state index in [2.05, 4.69) is 25.2 Å². The molecule has 0 bridgehead atoms. The first-order valence-corrected chi connectivity index (χ1v) is 7.77. The van der Waals surface area contributed by atoms with Crippen molar-refractivity contribution in [3.05, 3.63) is 36.3 Å². The predicted octanol–water partition coefficient (Wildman–Crippen LogP) is 1.11. The van der Waals surface area contributed by atoms with Gasteiger partial charge in [-0.15, -0.1) is 0 Å². The summed E-state index contributed by atoms with van der Waals surface area (Å²) in [5.74, 6) is 0. The number of hydrogen-bond acceptors (Lipinski definition) is 5. The molecule has 20 heavy (non-hydrogen) atoms. The summed E-state index contributed by atoms with van der Waals surface area (Å²) in [6.45, 7) is 3.32. The lowest BCUT2D eigenvalue weighted by Crippen LogP contribution is -2.19. The predicted molar refractivity (Wildman–Crippen MR) is 75.6 cm³/mol. The van der Waals surface area contributed by atoms with Crippen LogP contribution in [0.3, 0.4) is 0 Å². The van der Waals surface area contributed by atoms with E-state index in [4.69, 9.17) is 0 Å². The zero-order valence-electron chi connectivity index (χ0n) is 11.1. The lowest BCUT2D eigenvalue weighted by atomic mass is 10.3. The summed E-state index contributed by atoms with van der Waals surface area (Å²) in [4.78, 5) is 3.84. The number of rotatable bonds is 7. The third kappa shape index (κ3) is 3.55. The molecular formula is C12H17N5O2S. The largest absolute Gasteiger partial charge is 0.313 e. The molecule has 7 nitrogen and oxygen atoms in total. The topological polar surface area (TPSA) is 99.8 Å². The van der Waals surface area contributed by atoms with Gasteiger partial charge in [-0.3, -0.25) is 14.8 Å². The van der Waals surface area contributed by atoms with Crippen molar-refractivity contribution in [3.8, 4) is 0 Å². The van der Waals surface area contributed by atoms with Crippen molar-refractivity contribution < 1.29 is 8.42 Å². The second-order valence-corrected chi connectivity index (χ2v) is 5.86. The number of aromatic nitrogens is 3. The number of nitrogens with zero attached hydrogens (tertiary/aromatic N) is 2. The van der Waals surface area contributed by atoms with Crippen molar-refractivity contribution in [2.45, 2.75) is 24.9 Å². The van der Waals surface area contributed by atoms with Crippen molar-refractivity contribution in [3.63, 3.8) is 0 Å². The molecule has 0 aliphatic rings. The monoisotopic (exact) mass is 295 g/mol. The molecule has 0 saturated carbocycles. The van der Waals surface area contributed by atoms with E-state index in [0.29, 0.717) is 17.8 Å². The highest BCUT2D eigenvalue weighted by Crippen LogP contribution is 2.16. The first-order chi connectivity index (χ1) is 9.63. The summed E-state index contributed by atoms with van der Waals surface area (Å²) in [6.07, 6.45) is 5.54. The molecule has 0 saturated heterocycles. The van der Waals surface area contributed by atoms with Crippen LogP contribution in [-0.2, 0) is 16.6 Å². The van der Waals surface area contributed by atoms with Gasteiger partial charge < -0.3 is 5.32 Å². The maximum Gasteiger partial charge on any atom is 0.279 e. The van der Waals surface area contributed by atoms with Gasteiger partial charge in [0.25, 0.3) is 10.0 Å². The molecule has 2 aromatic heterocycles. The van der Waals surface area contributed by atoms with Crippen LogP contribution in [0.25, 0.3) is 0 Å². The number of nitrogens with one attached hydrogen (secondary N) is 3. The fraction of sp³-hybridized carbons (Fsp3) is 0.333. The summed E-state index contributed by atoms with van der Waals surface area (Å²) in [5, 5.41) is 9.58. The zero-order chi connectivity index (χ0) is 14.4. The Labute approximate surface area is 117 Å². The van der Waals surface area contributed by atoms with Crippen LogP contribution in [0.1, 0.15) is 18.9 Å². The van der Waals surface area contributed by atoms with E-state index in [1.165, 1.54) is 18.6 Å². The van der Waals surface area contributed by atoms with Gasteiger partial charge in [0.2, 0.25) is 0 Å². The molecule has 0 atom stereocenters. The molecule has 2 rings (SSSR count). The SMILES string of the molecule is CCCNCc1cn[nH]c1S(=O)(=O)Nc1ccncc1. The van der Waals surface area contributed by atoms with E-state index < -0.39 is 10.0 Å². The van der Waals surface area contributed by atoms with Crippen LogP contribution in [0.4, 0.5) is 5.69 Å². The Morgan fingerprint density at radius 3 is 2.75 bits per heavy atom. The molecule has 8 heteroatoms. The van der Waals surface area contributed by atoms with E-state index in [1.807, 2.05) is 6.92 Å². The minimum absolute atomic E-state index is 0.0814. The van der Waals surface area contributed by atoms with Gasteiger partial charge in [-0.25, -0.2) is 0 Å². The summed E-state index contributed by atoms with van der Waals surface area (Å²) >= 11 is 0. The number of H-pyrrole nitrogens is 1. The summed E-state index contributed by atoms with van der Waals surface area (Å²) in [7, 11) is -3.67. The Hall–Kier alpha value is -1.93. The Morgan fingerprint density at radius 1 is 1.30 bits per heavy atom. The number of hydrogen-bond donors (Lipinski definition) is 3. The molecule has 0 aliphatic heterocycles. The molecule has 0 unspecified atom stereocenters. The average molecular weight is 295 g/mol. The molecule has 3 N–H and O–H groups in total. The summed E-state index contributed by atoms with van der Waals surface area (Å²) in [6, 6.07) is 3.17. The van der Waals surface area contributed by atoms with Crippen molar-refractivity contribution in [1.29, 1.82) is 0 Å². The Kier molecular flexibility index (Phi) is 4.70. The van der Waals surface area contributed by atoms with Crippen molar-refractivity contribution >= 4 is 15.7 Å². The van der Waals surface area contributed by atoms with E-state index in [9.17, 15) is 8.42 Å². The standard InChI is InChI=1S/C12H17N5O2S/c1-2-5-14-8-10-9-15-16-12(10)20(18,19)17-11-3-6-13-7-4-11/h3-4,6-7,9,14H,2,5,8H2,1H3,(H,13,17)(H,15,16). The van der Waals surface area contributed by atoms with Crippen LogP contribution in [0.2, 0.25) is 0 Å². The normalized spacial score (nSPS) is 11.4. The second kappa shape index (κ2) is 6.49. The van der Waals surface area contributed by atoms with Crippen LogP contribution in [-0.4, -0.2) is 30.1 Å². The van der Waals surface area contributed by atoms with E-state index in [1.54, 1.807) is 12.1 Å². The highest BCUT2D eigenvalue weighted by molar-refractivity contribution is 7.92. The maximum absolute atomic E-state index is 12.3. The minimum atomic E-state index is -3.67. The summed E-state index contributed by atoms with van der Waals surface area (Å²) in [5.41, 5.74) is 1.07. The van der Waals surface area contributed by atoms with Crippen LogP contribution in [0, 0.1) is 0 Å². The summed E-state index contributed by atoms with van der Waals surface area (Å²) < 4.78 is 27.1. The number of aromatic amines is 1. The minimum Gasteiger partial charge on any atom is -0.313 e. The molecule has 0 radical (unpaired) electrons. The van der Waals surface area contributed by atoms with Gasteiger partial charge in [-0.1, -0.05) is 6.92 Å². The molecule has 108 valence electrons. The Bertz CT molecular complexity index is 639. The van der Waals surface area contributed by atoms with E-state index >= 15 is 0 Å². The van der Waals surface area contributed by atoms with E-state index in [0.717, 1.165) is 13.0 Å². The highest BCUT2D eigenvalue weighted by Gasteiger charge is 2.20. The van der Waals surface area contributed by atoms with Crippen LogP contribution in [0.5, 0.6) is 0 Å². The van der Waals surface area contributed by atoms with Gasteiger partial charge in [0.15, 0.2) is 5.03 Å². The Balaban J connectivity index is 2.15. The van der Waals surface area contributed by atoms with Gasteiger partial charge in [-0.05, 0) is 25.1 Å². The molecular weight excluding hydrogens is 278 g/mol. The van der Waals surface area contributed by atoms with Crippen LogP contribution in [0.15, 0.2) is 35.7 Å². The fourth-order valence-electron chi connectivity index (χ4n) is 1.68. The first-order valence-electron chi connectivity index (χ1n) is 6.29. The zero-order valence-corrected chi connectivity index (χ0v) is 11.9. The number of sulfonamides is 1. The van der Waals surface area contributed by atoms with Gasteiger partial charge in [0.1, 0.15) is 0 Å². The fourth-order valence-corrected chi connectivity index (χ4v) is 2.88. The molecule has 0 spiro atoms. The third-order valence-corrected chi connectivity index (χ3v) is 4.02. The second-order valence-electron chi connectivity index (χ2n) is 4.24. The van der Waals surface area contributed by atoms with E-state index in [-0.39, 0.29) is 5.03 Å². The quantitative estimate of drug-likeness (QED) is 0.664. The molecule has 2 heterocycles. The van der Waals surface area contributed by atoms with Crippen molar-refractivity contribution in [2.75, 3.05) is 11.3 Å². The number of anilines is 1. The molecule has 0 aromatic carbocycles. The lowest BCUT2D eigenvalue weighted by Gasteiger charge is -2.08. The van der Waals surface area contributed by atoms with Gasteiger partial charge in [0.05, 0.1) is 11.9 Å². The van der Waals surface area contributed by atoms with Gasteiger partial charge in [-0.2, -0.15) is 13.5 Å². The van der Waals surface area contributed by atoms with Crippen LogP contribution < -0.4 is 10.0 Å². The van der Waals surface area contributed by atoms with Crippen molar-refractivity contribution in [2.24, 2.45) is 0 Å². The van der Waals surface area contributed by atoms with Gasteiger partial charge in [0, 0.05) is 24.5 Å². The lowest BCUT2D eigenvalue weighted by molar-refractivity contribution is 0.593. The smallest absolute Gasteiger partial charge is 0.279 e. The highest BCUT2D eigenvalue weighted by atomic mass is 32.2. The number of pyridine rings is 1.